The molecule has 4 nitrogen and oxygen atoms in total. The van der Waals surface area contributed by atoms with Crippen molar-refractivity contribution < 1.29 is 0 Å². The fraction of sp³-hybridized carbons (Fsp3) is 0.615. The highest BCUT2D eigenvalue weighted by atomic mass is 80.9. The fourth-order valence-corrected chi connectivity index (χ4v) is 9.15. The standard InChI is InChI=1S/C13H21BrN2Si.C13H22N2Si.Br2/c1-13(2,3)17(4,5)16-7-6-10-8-11(14)9-15-12(10)16;1-13(2,3)16(4,5)15-10-8-11-7-6-9-14-12(11)15;1-2/h8-9H,6-7H2,1-5H3;6-7,9H,8,10H2,1-5H3;. The van der Waals surface area contributed by atoms with Crippen LogP contribution in [0.1, 0.15) is 52.7 Å². The Labute approximate surface area is 239 Å². The molecule has 0 N–H and O–H groups in total. The van der Waals surface area contributed by atoms with E-state index < -0.39 is 16.5 Å². The van der Waals surface area contributed by atoms with Crippen LogP contribution in [-0.2, 0) is 12.8 Å². The SMILES string of the molecule is BrBr.CC(C)(C)[Si](C)(C)N1CCc2cc(Br)cnc21.CC(C)(C)[Si](C)(C)N1CCc2cccnc21. The lowest BCUT2D eigenvalue weighted by Crippen LogP contribution is -2.54. The second-order valence-electron chi connectivity index (χ2n) is 12.5. The van der Waals surface area contributed by atoms with Crippen LogP contribution in [0.25, 0.3) is 0 Å². The number of rotatable bonds is 2. The number of nitrogens with zero attached hydrogens (tertiary/aromatic N) is 4. The highest BCUT2D eigenvalue weighted by Gasteiger charge is 2.45. The van der Waals surface area contributed by atoms with Crippen LogP contribution in [0.15, 0.2) is 35.1 Å². The van der Waals surface area contributed by atoms with Gasteiger partial charge in [0.1, 0.15) is 11.6 Å². The molecule has 0 amide bonds. The molecule has 9 heteroatoms. The van der Waals surface area contributed by atoms with E-state index in [9.17, 15) is 0 Å². The van der Waals surface area contributed by atoms with Gasteiger partial charge in [0.25, 0.3) is 0 Å². The molecule has 0 saturated carbocycles. The van der Waals surface area contributed by atoms with Crippen molar-refractivity contribution in [3.63, 3.8) is 0 Å². The minimum atomic E-state index is -1.48. The largest absolute Gasteiger partial charge is 0.382 e. The molecule has 2 aromatic heterocycles. The van der Waals surface area contributed by atoms with Gasteiger partial charge in [-0.25, -0.2) is 9.97 Å². The van der Waals surface area contributed by atoms with Crippen LogP contribution in [0.2, 0.25) is 36.3 Å². The first-order chi connectivity index (χ1) is 16.1. The van der Waals surface area contributed by atoms with Gasteiger partial charge < -0.3 is 9.13 Å². The smallest absolute Gasteiger partial charge is 0.157 e. The molecule has 4 heterocycles. The third-order valence-electron chi connectivity index (χ3n) is 8.52. The van der Waals surface area contributed by atoms with E-state index >= 15 is 0 Å². The molecule has 196 valence electrons. The summed E-state index contributed by atoms with van der Waals surface area (Å²) in [7, 11) is -2.94. The van der Waals surface area contributed by atoms with Crippen LogP contribution in [0.5, 0.6) is 0 Å². The molecule has 0 saturated heterocycles. The molecule has 0 spiro atoms. The van der Waals surface area contributed by atoms with Crippen molar-refractivity contribution in [2.75, 3.05) is 22.2 Å². The Bertz CT molecular complexity index is 1000. The van der Waals surface area contributed by atoms with Crippen LogP contribution in [0.3, 0.4) is 0 Å². The third-order valence-corrected chi connectivity index (χ3v) is 19.9. The quantitative estimate of drug-likeness (QED) is 0.292. The predicted octanol–water partition coefficient (Wildman–Crippen LogP) is 9.35. The van der Waals surface area contributed by atoms with E-state index in [4.69, 9.17) is 0 Å². The van der Waals surface area contributed by atoms with Gasteiger partial charge in [0.05, 0.1) is 0 Å². The van der Waals surface area contributed by atoms with E-state index in [0.29, 0.717) is 10.1 Å². The normalized spacial score (nSPS) is 15.6. The average Bonchev–Trinajstić information content (AvgIpc) is 3.38. The maximum absolute atomic E-state index is 4.63. The molecule has 2 aromatic rings. The monoisotopic (exact) mass is 704 g/mol. The Morgan fingerprint density at radius 2 is 1.23 bits per heavy atom. The zero-order chi connectivity index (χ0) is 26.8. The van der Waals surface area contributed by atoms with Crippen molar-refractivity contribution in [3.8, 4) is 0 Å². The molecule has 0 aromatic carbocycles. The molecule has 0 bridgehead atoms. The zero-order valence-corrected chi connectivity index (χ0v) is 29.9. The van der Waals surface area contributed by atoms with Gasteiger partial charge in [-0.05, 0) is 62.1 Å². The topological polar surface area (TPSA) is 32.3 Å². The first kappa shape index (κ1) is 31.0. The third kappa shape index (κ3) is 6.62. The second kappa shape index (κ2) is 11.7. The van der Waals surface area contributed by atoms with Gasteiger partial charge in [-0.1, -0.05) is 73.8 Å². The number of hydrogen-bond acceptors (Lipinski definition) is 4. The second-order valence-corrected chi connectivity index (χ2v) is 23.8. The summed E-state index contributed by atoms with van der Waals surface area (Å²) in [5.41, 5.74) is 2.82. The number of anilines is 2. The summed E-state index contributed by atoms with van der Waals surface area (Å²) < 4.78 is 6.28. The van der Waals surface area contributed by atoms with Gasteiger partial charge in [-0.3, -0.25) is 0 Å². The van der Waals surface area contributed by atoms with Gasteiger partial charge in [-0.2, -0.15) is 0 Å². The van der Waals surface area contributed by atoms with E-state index in [-0.39, 0.29) is 0 Å². The number of halogens is 3. The van der Waals surface area contributed by atoms with Crippen molar-refractivity contribution in [1.29, 1.82) is 0 Å². The summed E-state index contributed by atoms with van der Waals surface area (Å²) in [4.78, 5) is 9.21. The van der Waals surface area contributed by atoms with Crippen molar-refractivity contribution in [2.45, 2.75) is 90.6 Å². The highest BCUT2D eigenvalue weighted by Crippen LogP contribution is 2.44. The van der Waals surface area contributed by atoms with Crippen LogP contribution < -0.4 is 9.13 Å². The van der Waals surface area contributed by atoms with Crippen LogP contribution in [-0.4, -0.2) is 39.5 Å². The predicted molar refractivity (Wildman–Crippen MR) is 171 cm³/mol. The fourth-order valence-electron chi connectivity index (χ4n) is 4.34. The van der Waals surface area contributed by atoms with Crippen molar-refractivity contribution in [1.82, 2.24) is 9.97 Å². The average molecular weight is 708 g/mol. The Hall–Kier alpha value is -0.226. The van der Waals surface area contributed by atoms with Gasteiger partial charge in [0.2, 0.25) is 0 Å². The summed E-state index contributed by atoms with van der Waals surface area (Å²) in [6.07, 6.45) is 6.14. The van der Waals surface area contributed by atoms with Crippen LogP contribution >= 0.6 is 44.2 Å². The summed E-state index contributed by atoms with van der Waals surface area (Å²) in [6, 6.07) is 6.49. The van der Waals surface area contributed by atoms with Gasteiger partial charge >= 0.3 is 0 Å². The highest BCUT2D eigenvalue weighted by molar-refractivity contribution is 9.93. The first-order valence-corrected chi connectivity index (χ1v) is 22.8. The molecule has 4 rings (SSSR count). The number of hydrogen-bond donors (Lipinski definition) is 0. The minimum Gasteiger partial charge on any atom is -0.382 e. The maximum Gasteiger partial charge on any atom is 0.157 e. The van der Waals surface area contributed by atoms with Crippen LogP contribution in [0, 0.1) is 0 Å². The summed E-state index contributed by atoms with van der Waals surface area (Å²) in [5.74, 6) is 2.47. The van der Waals surface area contributed by atoms with Gasteiger partial charge in [-0.15, -0.1) is 0 Å². The number of aromatic nitrogens is 2. The summed E-state index contributed by atoms with van der Waals surface area (Å²) in [5, 5.41) is 0.746. The molecule has 2 aliphatic heterocycles. The van der Waals surface area contributed by atoms with E-state index in [2.05, 4.69) is 143 Å². The molecule has 0 atom stereocenters. The molecule has 0 radical (unpaired) electrons. The Balaban J connectivity index is 0.000000231. The molecule has 2 aliphatic rings. The minimum absolute atomic E-state index is 0.364. The maximum atomic E-state index is 4.63. The van der Waals surface area contributed by atoms with E-state index in [1.54, 1.807) is 0 Å². The van der Waals surface area contributed by atoms with E-state index in [0.717, 1.165) is 30.4 Å². The lowest BCUT2D eigenvalue weighted by Gasteiger charge is -2.44. The lowest BCUT2D eigenvalue weighted by atomic mass is 10.2. The lowest BCUT2D eigenvalue weighted by molar-refractivity contribution is 0.706. The zero-order valence-electron chi connectivity index (χ0n) is 23.1. The summed E-state index contributed by atoms with van der Waals surface area (Å²) >= 11 is 9.01. The molecule has 35 heavy (non-hydrogen) atoms. The van der Waals surface area contributed by atoms with Gasteiger partial charge in [0, 0.05) is 58.2 Å². The molecular weight excluding hydrogens is 664 g/mol. The molecule has 0 fully saturated rings. The van der Waals surface area contributed by atoms with Crippen LogP contribution in [0.4, 0.5) is 11.6 Å². The van der Waals surface area contributed by atoms with E-state index in [1.807, 2.05) is 18.5 Å². The summed E-state index contributed by atoms with van der Waals surface area (Å²) in [6.45, 7) is 26.3. The van der Waals surface area contributed by atoms with Crippen molar-refractivity contribution in [3.05, 3.63) is 46.2 Å². The Kier molecular flexibility index (Phi) is 10.3. The van der Waals surface area contributed by atoms with E-state index in [1.165, 1.54) is 22.8 Å². The van der Waals surface area contributed by atoms with Crippen molar-refractivity contribution >= 4 is 72.3 Å². The molecular formula is C26H43Br3N4Si2. The Morgan fingerprint density at radius 3 is 1.71 bits per heavy atom. The first-order valence-electron chi connectivity index (χ1n) is 12.4. The molecule has 0 aliphatic carbocycles. The Morgan fingerprint density at radius 1 is 0.771 bits per heavy atom. The molecule has 0 unspecified atom stereocenters. The number of fused-ring (bicyclic) bond motifs is 2. The number of pyridine rings is 2. The van der Waals surface area contributed by atoms with Crippen molar-refractivity contribution in [2.24, 2.45) is 0 Å². The van der Waals surface area contributed by atoms with Gasteiger partial charge in [0.15, 0.2) is 16.5 Å².